The normalized spacial score (nSPS) is 13.0. The Balaban J connectivity index is 3.08. The molecule has 1 aromatic carbocycles. The molecule has 0 radical (unpaired) electrons. The van der Waals surface area contributed by atoms with E-state index in [1.807, 2.05) is 0 Å². The lowest BCUT2D eigenvalue weighted by Gasteiger charge is -2.18. The number of nitro groups is 1. The number of hydrogen-bond acceptors (Lipinski definition) is 4. The molecule has 104 valence electrons. The van der Waals surface area contributed by atoms with Gasteiger partial charge < -0.3 is 5.11 Å². The van der Waals surface area contributed by atoms with Gasteiger partial charge in [0.25, 0.3) is 0 Å². The van der Waals surface area contributed by atoms with Crippen LogP contribution >= 0.6 is 0 Å². The Hall–Kier alpha value is -1.83. The van der Waals surface area contributed by atoms with E-state index in [1.54, 1.807) is 0 Å². The fourth-order valence-corrected chi connectivity index (χ4v) is 2.30. The van der Waals surface area contributed by atoms with Crippen molar-refractivity contribution in [1.29, 1.82) is 0 Å². The highest BCUT2D eigenvalue weighted by Gasteiger charge is 2.35. The van der Waals surface area contributed by atoms with Crippen LogP contribution in [0.1, 0.15) is 19.4 Å². The Labute approximate surface area is 110 Å². The topological polar surface area (TPSA) is 97.5 Å². The molecule has 0 aliphatic rings. The smallest absolute Gasteiger partial charge is 0.321 e. The number of carboxylic acids is 1. The van der Waals surface area contributed by atoms with Crippen LogP contribution in [0.25, 0.3) is 0 Å². The largest absolute Gasteiger partial charge is 0.480 e. The van der Waals surface area contributed by atoms with Gasteiger partial charge >= 0.3 is 11.7 Å². The minimum absolute atomic E-state index is 0.137. The quantitative estimate of drug-likeness (QED) is 0.659. The zero-order chi connectivity index (χ0) is 14.8. The van der Waals surface area contributed by atoms with E-state index in [1.165, 1.54) is 26.0 Å². The van der Waals surface area contributed by atoms with Gasteiger partial charge in [0.05, 0.1) is 10.7 Å². The van der Waals surface area contributed by atoms with Crippen molar-refractivity contribution >= 4 is 22.5 Å². The maximum atomic E-state index is 13.7. The van der Waals surface area contributed by atoms with Crippen LogP contribution in [0, 0.1) is 15.9 Å². The van der Waals surface area contributed by atoms with Crippen LogP contribution in [0.15, 0.2) is 18.2 Å². The predicted octanol–water partition coefficient (Wildman–Crippen LogP) is 1.85. The van der Waals surface area contributed by atoms with Crippen molar-refractivity contribution in [3.8, 4) is 0 Å². The molecule has 1 atom stereocenters. The van der Waals surface area contributed by atoms with E-state index in [9.17, 15) is 23.5 Å². The molecule has 0 heterocycles. The van der Waals surface area contributed by atoms with Crippen LogP contribution in [0.3, 0.4) is 0 Å². The Morgan fingerprint density at radius 2 is 2.11 bits per heavy atom. The summed E-state index contributed by atoms with van der Waals surface area (Å²) in [5.41, 5.74) is -0.857. The number of rotatable bonds is 5. The third-order valence-electron chi connectivity index (χ3n) is 2.63. The molecule has 1 rings (SSSR count). The third-order valence-corrected chi connectivity index (χ3v) is 4.51. The zero-order valence-electron chi connectivity index (χ0n) is 10.3. The van der Waals surface area contributed by atoms with Gasteiger partial charge in [0.1, 0.15) is 4.75 Å². The van der Waals surface area contributed by atoms with Crippen molar-refractivity contribution in [3.63, 3.8) is 0 Å². The molecule has 8 heteroatoms. The van der Waals surface area contributed by atoms with Crippen LogP contribution in [0.5, 0.6) is 0 Å². The molecule has 19 heavy (non-hydrogen) atoms. The Bertz CT molecular complexity index is 558. The fraction of sp³-hybridized carbons (Fsp3) is 0.364. The lowest BCUT2D eigenvalue weighted by atomic mass is 10.2. The number of halogens is 1. The highest BCUT2D eigenvalue weighted by molar-refractivity contribution is 7.86. The minimum Gasteiger partial charge on any atom is -0.480 e. The van der Waals surface area contributed by atoms with Gasteiger partial charge in [-0.3, -0.25) is 19.1 Å². The number of carboxylic acid groups (broad SMARTS) is 1. The number of hydrogen-bond donors (Lipinski definition) is 1. The van der Waals surface area contributed by atoms with E-state index in [0.717, 1.165) is 6.07 Å². The maximum absolute atomic E-state index is 13.7. The molecule has 0 amide bonds. The van der Waals surface area contributed by atoms with E-state index >= 15 is 0 Å². The molecule has 1 unspecified atom stereocenters. The van der Waals surface area contributed by atoms with Gasteiger partial charge in [-0.1, -0.05) is 12.1 Å². The predicted molar refractivity (Wildman–Crippen MR) is 66.6 cm³/mol. The molecule has 0 fully saturated rings. The zero-order valence-corrected chi connectivity index (χ0v) is 11.1. The number of nitrogens with zero attached hydrogens (tertiary/aromatic N) is 1. The standard InChI is InChI=1S/C11H12FNO5S/c1-11(2,10(14)15)19(18)6-7-4-3-5-8(9(7)12)13(16)17/h3-5H,6H2,1-2H3,(H,14,15). The fourth-order valence-electron chi connectivity index (χ4n) is 1.24. The van der Waals surface area contributed by atoms with Gasteiger partial charge in [-0.05, 0) is 13.8 Å². The van der Waals surface area contributed by atoms with Crippen molar-refractivity contribution in [1.82, 2.24) is 0 Å². The average Bonchev–Trinajstić information content (AvgIpc) is 2.30. The second-order valence-electron chi connectivity index (χ2n) is 4.31. The Morgan fingerprint density at radius 3 is 2.58 bits per heavy atom. The van der Waals surface area contributed by atoms with E-state index in [4.69, 9.17) is 5.11 Å². The lowest BCUT2D eigenvalue weighted by Crippen LogP contribution is -2.37. The van der Waals surface area contributed by atoms with Gasteiger partial charge in [0, 0.05) is 22.4 Å². The molecule has 1 aromatic rings. The van der Waals surface area contributed by atoms with E-state index in [0.29, 0.717) is 0 Å². The van der Waals surface area contributed by atoms with E-state index in [2.05, 4.69) is 0 Å². The van der Waals surface area contributed by atoms with Crippen LogP contribution in [0.4, 0.5) is 10.1 Å². The first-order valence-corrected chi connectivity index (χ1v) is 6.53. The van der Waals surface area contributed by atoms with Crippen LogP contribution in [-0.2, 0) is 21.3 Å². The first-order chi connectivity index (χ1) is 8.67. The molecule has 0 aliphatic heterocycles. The number of nitro benzene ring substituents is 1. The molecule has 6 nitrogen and oxygen atoms in total. The van der Waals surface area contributed by atoms with Crippen molar-refractivity contribution in [2.75, 3.05) is 0 Å². The summed E-state index contributed by atoms with van der Waals surface area (Å²) >= 11 is 0. The van der Waals surface area contributed by atoms with Crippen LogP contribution in [0.2, 0.25) is 0 Å². The Kier molecular flexibility index (Phi) is 4.35. The van der Waals surface area contributed by atoms with Crippen LogP contribution in [-0.4, -0.2) is 25.0 Å². The summed E-state index contributed by atoms with van der Waals surface area (Å²) in [5, 5.41) is 19.5. The summed E-state index contributed by atoms with van der Waals surface area (Å²) in [6.45, 7) is 2.50. The van der Waals surface area contributed by atoms with E-state index < -0.39 is 43.7 Å². The summed E-state index contributed by atoms with van der Waals surface area (Å²) in [7, 11) is -1.91. The van der Waals surface area contributed by atoms with E-state index in [-0.39, 0.29) is 5.56 Å². The molecule has 0 bridgehead atoms. The SMILES string of the molecule is CC(C)(C(=O)O)S(=O)Cc1cccc([N+](=O)[O-])c1F. The second-order valence-corrected chi connectivity index (χ2v) is 6.31. The number of benzene rings is 1. The first-order valence-electron chi connectivity index (χ1n) is 5.21. The molecule has 1 N–H and O–H groups in total. The maximum Gasteiger partial charge on any atom is 0.321 e. The summed E-state index contributed by atoms with van der Waals surface area (Å²) in [4.78, 5) is 20.6. The lowest BCUT2D eigenvalue weighted by molar-refractivity contribution is -0.387. The first kappa shape index (κ1) is 15.2. The molecular formula is C11H12FNO5S. The average molecular weight is 289 g/mol. The van der Waals surface area contributed by atoms with Crippen molar-refractivity contribution in [3.05, 3.63) is 39.7 Å². The van der Waals surface area contributed by atoms with Crippen molar-refractivity contribution in [2.24, 2.45) is 0 Å². The summed E-state index contributed by atoms with van der Waals surface area (Å²) < 4.78 is 24.1. The van der Waals surface area contributed by atoms with Crippen LogP contribution < -0.4 is 0 Å². The highest BCUT2D eigenvalue weighted by Crippen LogP contribution is 2.24. The van der Waals surface area contributed by atoms with Gasteiger partial charge in [0.2, 0.25) is 5.82 Å². The van der Waals surface area contributed by atoms with Gasteiger partial charge in [0.15, 0.2) is 0 Å². The molecule has 0 aromatic heterocycles. The molecule has 0 saturated heterocycles. The third kappa shape index (κ3) is 3.14. The second kappa shape index (κ2) is 5.43. The summed E-state index contributed by atoms with van der Waals surface area (Å²) in [5.74, 6) is -2.76. The molecule has 0 spiro atoms. The summed E-state index contributed by atoms with van der Waals surface area (Å²) in [6.07, 6.45) is 0. The molecule has 0 saturated carbocycles. The van der Waals surface area contributed by atoms with Crippen molar-refractivity contribution in [2.45, 2.75) is 24.3 Å². The number of carbonyl (C=O) groups is 1. The van der Waals surface area contributed by atoms with Gasteiger partial charge in [-0.25, -0.2) is 0 Å². The summed E-state index contributed by atoms with van der Waals surface area (Å²) in [6, 6.07) is 3.50. The molecule has 0 aliphatic carbocycles. The van der Waals surface area contributed by atoms with Gasteiger partial charge in [-0.2, -0.15) is 4.39 Å². The monoisotopic (exact) mass is 289 g/mol. The Morgan fingerprint density at radius 1 is 1.53 bits per heavy atom. The molecular weight excluding hydrogens is 277 g/mol. The van der Waals surface area contributed by atoms with Gasteiger partial charge in [-0.15, -0.1) is 0 Å². The van der Waals surface area contributed by atoms with Crippen molar-refractivity contribution < 1.29 is 23.4 Å². The number of aliphatic carboxylic acids is 1. The highest BCUT2D eigenvalue weighted by atomic mass is 32.2. The minimum atomic E-state index is -1.91.